The molecule has 3 nitrogen and oxygen atoms in total. The first-order valence-corrected chi connectivity index (χ1v) is 8.67. The molecule has 0 unspecified atom stereocenters. The molecular formula is C18H30O3. The van der Waals surface area contributed by atoms with E-state index in [1.807, 2.05) is 0 Å². The summed E-state index contributed by atoms with van der Waals surface area (Å²) in [6.45, 7) is 10.3. The molecule has 1 aliphatic heterocycles. The summed E-state index contributed by atoms with van der Waals surface area (Å²) in [6.07, 6.45) is 5.40. The van der Waals surface area contributed by atoms with Crippen molar-refractivity contribution in [2.24, 2.45) is 28.6 Å². The molecule has 4 fully saturated rings. The zero-order valence-corrected chi connectivity index (χ0v) is 14.1. The Labute approximate surface area is 128 Å². The lowest BCUT2D eigenvalue weighted by Crippen LogP contribution is -2.52. The molecule has 3 heteroatoms. The van der Waals surface area contributed by atoms with Crippen molar-refractivity contribution in [3.05, 3.63) is 0 Å². The summed E-state index contributed by atoms with van der Waals surface area (Å²) in [4.78, 5) is 0. The lowest BCUT2D eigenvalue weighted by atomic mass is 9.63. The lowest BCUT2D eigenvalue weighted by molar-refractivity contribution is -0.140. The maximum atomic E-state index is 6.41. The first kappa shape index (κ1) is 14.5. The molecule has 0 aromatic heterocycles. The molecule has 21 heavy (non-hydrogen) atoms. The van der Waals surface area contributed by atoms with E-state index < -0.39 is 0 Å². The Morgan fingerprint density at radius 3 is 2.57 bits per heavy atom. The maximum absolute atomic E-state index is 6.41. The number of ether oxygens (including phenoxy) is 3. The van der Waals surface area contributed by atoms with Crippen LogP contribution >= 0.6 is 0 Å². The lowest BCUT2D eigenvalue weighted by Gasteiger charge is -2.47. The molecule has 1 spiro atoms. The Kier molecular flexibility index (Phi) is 2.92. The van der Waals surface area contributed by atoms with Crippen molar-refractivity contribution in [2.75, 3.05) is 13.7 Å². The molecule has 0 aromatic carbocycles. The topological polar surface area (TPSA) is 27.7 Å². The molecular weight excluding hydrogens is 264 g/mol. The van der Waals surface area contributed by atoms with Crippen molar-refractivity contribution in [1.29, 1.82) is 0 Å². The second kappa shape index (κ2) is 4.24. The molecule has 0 radical (unpaired) electrons. The number of rotatable bonds is 2. The third kappa shape index (κ3) is 1.61. The van der Waals surface area contributed by atoms with Gasteiger partial charge in [0.15, 0.2) is 6.29 Å². The average molecular weight is 294 g/mol. The fourth-order valence-electron chi connectivity index (χ4n) is 6.86. The Hall–Kier alpha value is -0.120. The maximum Gasteiger partial charge on any atom is 0.182 e. The van der Waals surface area contributed by atoms with Gasteiger partial charge in [0.1, 0.15) is 0 Å². The van der Waals surface area contributed by atoms with Gasteiger partial charge in [0.25, 0.3) is 0 Å². The normalized spacial score (nSPS) is 57.3. The summed E-state index contributed by atoms with van der Waals surface area (Å²) in [7, 11) is 1.72. The molecule has 0 N–H and O–H groups in total. The van der Waals surface area contributed by atoms with Crippen LogP contribution in [0.5, 0.6) is 0 Å². The predicted molar refractivity (Wildman–Crippen MR) is 80.9 cm³/mol. The van der Waals surface area contributed by atoms with E-state index in [4.69, 9.17) is 14.2 Å². The molecule has 3 aliphatic carbocycles. The summed E-state index contributed by atoms with van der Waals surface area (Å²) >= 11 is 0. The fourth-order valence-corrected chi connectivity index (χ4v) is 6.86. The van der Waals surface area contributed by atoms with Gasteiger partial charge in [0.05, 0.1) is 18.3 Å². The number of methoxy groups -OCH3 is 1. The third-order valence-corrected chi connectivity index (χ3v) is 7.84. The van der Waals surface area contributed by atoms with Gasteiger partial charge in [0.2, 0.25) is 0 Å². The van der Waals surface area contributed by atoms with Gasteiger partial charge in [0, 0.05) is 7.11 Å². The number of hydrogen-bond acceptors (Lipinski definition) is 3. The fraction of sp³-hybridized carbons (Fsp3) is 1.00. The van der Waals surface area contributed by atoms with Crippen molar-refractivity contribution in [1.82, 2.24) is 0 Å². The van der Waals surface area contributed by atoms with E-state index in [-0.39, 0.29) is 18.0 Å². The molecule has 0 aromatic rings. The Morgan fingerprint density at radius 1 is 1.10 bits per heavy atom. The Balaban J connectivity index is 1.72. The van der Waals surface area contributed by atoms with E-state index in [9.17, 15) is 0 Å². The minimum absolute atomic E-state index is 0.123. The summed E-state index contributed by atoms with van der Waals surface area (Å²) in [5, 5.41) is 0. The van der Waals surface area contributed by atoms with E-state index >= 15 is 0 Å². The molecule has 4 rings (SSSR count). The van der Waals surface area contributed by atoms with Crippen LogP contribution in [0, 0.1) is 28.6 Å². The largest absolute Gasteiger partial charge is 0.379 e. The molecule has 7 atom stereocenters. The van der Waals surface area contributed by atoms with E-state index in [0.29, 0.717) is 23.4 Å². The highest BCUT2D eigenvalue weighted by Crippen LogP contribution is 2.74. The van der Waals surface area contributed by atoms with Gasteiger partial charge in [-0.15, -0.1) is 0 Å². The van der Waals surface area contributed by atoms with Crippen LogP contribution in [0.1, 0.15) is 53.4 Å². The van der Waals surface area contributed by atoms with Crippen molar-refractivity contribution in [3.63, 3.8) is 0 Å². The van der Waals surface area contributed by atoms with Gasteiger partial charge >= 0.3 is 0 Å². The standard InChI is InChI=1S/C18H30O3/c1-11-6-7-12-16(2,3)13-8-18(11,12)9-14-17(13,4)21-15(20-14)10-19-5/h11-15H,6-10H2,1-5H3/t11-,12+,13+,14+,15+,17-,18-/m1/s1. The van der Waals surface area contributed by atoms with Crippen LogP contribution in [-0.2, 0) is 14.2 Å². The van der Waals surface area contributed by atoms with Crippen LogP contribution < -0.4 is 0 Å². The molecule has 120 valence electrons. The molecule has 2 bridgehead atoms. The van der Waals surface area contributed by atoms with Crippen molar-refractivity contribution in [2.45, 2.75) is 71.4 Å². The van der Waals surface area contributed by atoms with Gasteiger partial charge in [-0.2, -0.15) is 0 Å². The highest BCUT2D eigenvalue weighted by Gasteiger charge is 2.73. The van der Waals surface area contributed by atoms with Crippen molar-refractivity contribution in [3.8, 4) is 0 Å². The second-order valence-electron chi connectivity index (χ2n) is 8.86. The molecule has 1 heterocycles. The smallest absolute Gasteiger partial charge is 0.182 e. The SMILES string of the molecule is COC[C@H]1O[C@H]2C[C@@]34C[C@@H](C(C)(C)[C@@H]3CC[C@H]4C)[C@@]2(C)O1. The summed E-state index contributed by atoms with van der Waals surface area (Å²) in [6, 6.07) is 0. The quantitative estimate of drug-likeness (QED) is 0.778. The van der Waals surface area contributed by atoms with Gasteiger partial charge in [-0.3, -0.25) is 0 Å². The molecule has 1 saturated heterocycles. The zero-order valence-electron chi connectivity index (χ0n) is 14.1. The van der Waals surface area contributed by atoms with Gasteiger partial charge in [-0.1, -0.05) is 20.8 Å². The Bertz CT molecular complexity index is 448. The van der Waals surface area contributed by atoms with Crippen LogP contribution in [0.2, 0.25) is 0 Å². The van der Waals surface area contributed by atoms with Gasteiger partial charge < -0.3 is 14.2 Å². The minimum Gasteiger partial charge on any atom is -0.379 e. The average Bonchev–Trinajstić information content (AvgIpc) is 2.95. The minimum atomic E-state index is -0.174. The highest BCUT2D eigenvalue weighted by atomic mass is 16.8. The van der Waals surface area contributed by atoms with Crippen LogP contribution in [0.3, 0.4) is 0 Å². The first-order chi connectivity index (χ1) is 9.84. The van der Waals surface area contributed by atoms with E-state index in [1.54, 1.807) is 7.11 Å². The number of hydrogen-bond donors (Lipinski definition) is 0. The molecule has 4 aliphatic rings. The zero-order chi connectivity index (χ0) is 15.0. The van der Waals surface area contributed by atoms with Crippen molar-refractivity contribution < 1.29 is 14.2 Å². The molecule has 0 amide bonds. The monoisotopic (exact) mass is 294 g/mol. The van der Waals surface area contributed by atoms with Gasteiger partial charge in [-0.05, 0) is 61.2 Å². The molecule has 3 saturated carbocycles. The third-order valence-electron chi connectivity index (χ3n) is 7.84. The van der Waals surface area contributed by atoms with E-state index in [1.165, 1.54) is 25.7 Å². The summed E-state index contributed by atoms with van der Waals surface area (Å²) in [5.74, 6) is 2.29. The van der Waals surface area contributed by atoms with E-state index in [2.05, 4.69) is 27.7 Å². The van der Waals surface area contributed by atoms with Crippen LogP contribution in [0.15, 0.2) is 0 Å². The van der Waals surface area contributed by atoms with Crippen LogP contribution in [0.4, 0.5) is 0 Å². The summed E-state index contributed by atoms with van der Waals surface area (Å²) < 4.78 is 18.0. The van der Waals surface area contributed by atoms with Crippen molar-refractivity contribution >= 4 is 0 Å². The second-order valence-corrected chi connectivity index (χ2v) is 8.86. The number of fused-ring (bicyclic) bond motifs is 3. The van der Waals surface area contributed by atoms with E-state index in [0.717, 1.165) is 11.8 Å². The Morgan fingerprint density at radius 2 is 1.86 bits per heavy atom. The first-order valence-electron chi connectivity index (χ1n) is 8.67. The predicted octanol–water partition coefficient (Wildman–Crippen LogP) is 3.62. The highest BCUT2D eigenvalue weighted by molar-refractivity contribution is 5.21. The van der Waals surface area contributed by atoms with Crippen LogP contribution in [0.25, 0.3) is 0 Å². The van der Waals surface area contributed by atoms with Crippen LogP contribution in [-0.4, -0.2) is 31.7 Å². The van der Waals surface area contributed by atoms with Gasteiger partial charge in [-0.25, -0.2) is 0 Å². The summed E-state index contributed by atoms with van der Waals surface area (Å²) in [5.41, 5.74) is 0.741.